The molecule has 0 saturated heterocycles. The van der Waals surface area contributed by atoms with Gasteiger partial charge in [0.2, 0.25) is 0 Å². The molecule has 0 bridgehead atoms. The van der Waals surface area contributed by atoms with Crippen LogP contribution in [-0.2, 0) is 22.5 Å². The van der Waals surface area contributed by atoms with Crippen molar-refractivity contribution >= 4 is 5.97 Å². The minimum absolute atomic E-state index is 0. The molecule has 0 fully saturated rings. The Morgan fingerprint density at radius 2 is 1.48 bits per heavy atom. The monoisotopic (exact) mass is 483 g/mol. The number of carbonyl (C=O) groups is 1. The maximum atomic E-state index is 11.8. The molecule has 2 aromatic rings. The number of unbranched alkanes of at least 4 members (excludes halogenated alkanes) is 5. The van der Waals surface area contributed by atoms with Crippen molar-refractivity contribution in [3.63, 3.8) is 0 Å². The lowest BCUT2D eigenvalue weighted by Gasteiger charge is -2.10. The lowest BCUT2D eigenvalue weighted by Crippen LogP contribution is -3.00. The molecule has 1 aromatic carbocycles. The van der Waals surface area contributed by atoms with Crippen molar-refractivity contribution in [1.29, 1.82) is 0 Å². The van der Waals surface area contributed by atoms with Crippen LogP contribution in [0.1, 0.15) is 44.1 Å². The van der Waals surface area contributed by atoms with Gasteiger partial charge in [-0.15, -0.1) is 0 Å². The summed E-state index contributed by atoms with van der Waals surface area (Å²) in [5, 5.41) is 9.89. The fraction of sp³-hybridized carbons (Fsp3) is 0.455. The summed E-state index contributed by atoms with van der Waals surface area (Å²) in [5.74, 6) is -0.520. The summed E-state index contributed by atoms with van der Waals surface area (Å²) in [6.07, 6.45) is 10.1. The molecule has 1 atom stereocenters. The van der Waals surface area contributed by atoms with Gasteiger partial charge in [-0.05, 0) is 18.4 Å². The standard InChI is InChI=1S/C22H30NO3.HI/c24-21(19-20-13-7-5-8-14-20)22(25)26-18-12-4-2-1-3-9-15-23-16-10-6-11-17-23;/h5-8,10-11,13-14,16-17,21,24H,1-4,9,12,15,18-19H2;1H/q+1;/p-1/t21-;/m0./s1. The van der Waals surface area contributed by atoms with E-state index in [-0.39, 0.29) is 24.0 Å². The van der Waals surface area contributed by atoms with E-state index in [2.05, 4.69) is 29.1 Å². The van der Waals surface area contributed by atoms with Crippen molar-refractivity contribution < 1.29 is 43.2 Å². The zero-order valence-electron chi connectivity index (χ0n) is 15.8. The number of aliphatic hydroxyl groups is 1. The highest BCUT2D eigenvalue weighted by molar-refractivity contribution is 5.74. The van der Waals surface area contributed by atoms with Crippen LogP contribution in [0.5, 0.6) is 0 Å². The van der Waals surface area contributed by atoms with Crippen molar-refractivity contribution in [1.82, 2.24) is 0 Å². The SMILES string of the molecule is O=C(OCCCCCCCC[n+]1ccccc1)[C@@H](O)Cc1ccccc1.[I-]. The van der Waals surface area contributed by atoms with Crippen LogP contribution in [-0.4, -0.2) is 23.8 Å². The van der Waals surface area contributed by atoms with E-state index in [1.807, 2.05) is 36.4 Å². The summed E-state index contributed by atoms with van der Waals surface area (Å²) in [6.45, 7) is 1.46. The van der Waals surface area contributed by atoms with Gasteiger partial charge in [0.05, 0.1) is 6.61 Å². The number of rotatable bonds is 12. The Labute approximate surface area is 179 Å². The van der Waals surface area contributed by atoms with E-state index < -0.39 is 12.1 Å². The molecule has 0 aliphatic rings. The predicted molar refractivity (Wildman–Crippen MR) is 101 cm³/mol. The minimum atomic E-state index is -1.08. The average molecular weight is 483 g/mol. The smallest absolute Gasteiger partial charge is 0.335 e. The number of pyridine rings is 1. The lowest BCUT2D eigenvalue weighted by molar-refractivity contribution is -0.697. The van der Waals surface area contributed by atoms with Crippen LogP contribution in [0, 0.1) is 0 Å². The Morgan fingerprint density at radius 3 is 2.19 bits per heavy atom. The summed E-state index contributed by atoms with van der Waals surface area (Å²) in [6, 6.07) is 15.6. The van der Waals surface area contributed by atoms with Crippen LogP contribution in [0.3, 0.4) is 0 Å². The number of ether oxygens (including phenoxy) is 1. The van der Waals surface area contributed by atoms with Gasteiger partial charge in [-0.1, -0.05) is 55.7 Å². The summed E-state index contributed by atoms with van der Waals surface area (Å²) in [5.41, 5.74) is 0.936. The molecule has 1 heterocycles. The Bertz CT molecular complexity index is 622. The molecule has 0 aliphatic heterocycles. The molecular weight excluding hydrogens is 453 g/mol. The molecule has 0 radical (unpaired) electrons. The summed E-state index contributed by atoms with van der Waals surface area (Å²) in [7, 11) is 0. The molecule has 5 heteroatoms. The molecule has 1 aromatic heterocycles. The fourth-order valence-electron chi connectivity index (χ4n) is 2.88. The zero-order valence-corrected chi connectivity index (χ0v) is 18.0. The highest BCUT2D eigenvalue weighted by atomic mass is 127. The van der Waals surface area contributed by atoms with E-state index in [0.29, 0.717) is 13.0 Å². The van der Waals surface area contributed by atoms with Gasteiger partial charge in [0.15, 0.2) is 18.5 Å². The maximum Gasteiger partial charge on any atom is 0.335 e. The van der Waals surface area contributed by atoms with Gasteiger partial charge in [-0.25, -0.2) is 9.36 Å². The topological polar surface area (TPSA) is 50.4 Å². The Balaban J connectivity index is 0.00000364. The van der Waals surface area contributed by atoms with E-state index in [1.54, 1.807) is 0 Å². The molecule has 0 spiro atoms. The van der Waals surface area contributed by atoms with Gasteiger partial charge in [-0.3, -0.25) is 0 Å². The van der Waals surface area contributed by atoms with Gasteiger partial charge in [0, 0.05) is 25.0 Å². The van der Waals surface area contributed by atoms with Crippen LogP contribution in [0.15, 0.2) is 60.9 Å². The zero-order chi connectivity index (χ0) is 18.5. The fourth-order valence-corrected chi connectivity index (χ4v) is 2.88. The third kappa shape index (κ3) is 10.4. The van der Waals surface area contributed by atoms with Crippen LogP contribution >= 0.6 is 0 Å². The number of hydrogen-bond acceptors (Lipinski definition) is 3. The second-order valence-corrected chi connectivity index (χ2v) is 6.61. The second kappa shape index (κ2) is 14.6. The molecule has 4 nitrogen and oxygen atoms in total. The quantitative estimate of drug-likeness (QED) is 0.207. The third-order valence-electron chi connectivity index (χ3n) is 4.38. The first-order valence-corrected chi connectivity index (χ1v) is 9.58. The van der Waals surface area contributed by atoms with Crippen molar-refractivity contribution in [2.45, 2.75) is 57.6 Å². The first-order chi connectivity index (χ1) is 12.8. The Morgan fingerprint density at radius 1 is 0.889 bits per heavy atom. The number of esters is 1. The number of aromatic nitrogens is 1. The molecule has 0 saturated carbocycles. The highest BCUT2D eigenvalue weighted by Gasteiger charge is 2.16. The lowest BCUT2D eigenvalue weighted by atomic mass is 10.1. The van der Waals surface area contributed by atoms with Crippen molar-refractivity contribution in [3.05, 3.63) is 66.5 Å². The average Bonchev–Trinajstić information content (AvgIpc) is 2.68. The van der Waals surface area contributed by atoms with Gasteiger partial charge in [-0.2, -0.15) is 0 Å². The van der Waals surface area contributed by atoms with Gasteiger partial charge < -0.3 is 33.8 Å². The molecule has 0 aliphatic carbocycles. The summed E-state index contributed by atoms with van der Waals surface area (Å²) >= 11 is 0. The highest BCUT2D eigenvalue weighted by Crippen LogP contribution is 2.07. The van der Waals surface area contributed by atoms with E-state index in [0.717, 1.165) is 31.4 Å². The number of benzene rings is 1. The predicted octanol–water partition coefficient (Wildman–Crippen LogP) is 0.466. The number of hydrogen-bond donors (Lipinski definition) is 1. The van der Waals surface area contributed by atoms with Crippen LogP contribution in [0.4, 0.5) is 0 Å². The first-order valence-electron chi connectivity index (χ1n) is 9.58. The molecule has 0 unspecified atom stereocenters. The van der Waals surface area contributed by atoms with E-state index in [1.165, 1.54) is 19.3 Å². The van der Waals surface area contributed by atoms with E-state index in [9.17, 15) is 9.90 Å². The number of nitrogens with zero attached hydrogens (tertiary/aromatic N) is 1. The maximum absolute atomic E-state index is 11.8. The Hall–Kier alpha value is -1.47. The second-order valence-electron chi connectivity index (χ2n) is 6.61. The summed E-state index contributed by atoms with van der Waals surface area (Å²) < 4.78 is 7.38. The van der Waals surface area contributed by atoms with E-state index in [4.69, 9.17) is 4.74 Å². The number of halogens is 1. The van der Waals surface area contributed by atoms with Gasteiger partial charge >= 0.3 is 5.97 Å². The van der Waals surface area contributed by atoms with Crippen LogP contribution < -0.4 is 28.5 Å². The molecular formula is C22H30INO3. The molecule has 1 N–H and O–H groups in total. The van der Waals surface area contributed by atoms with Gasteiger partial charge in [0.1, 0.15) is 6.54 Å². The van der Waals surface area contributed by atoms with Crippen molar-refractivity contribution in [2.75, 3.05) is 6.61 Å². The molecule has 2 rings (SSSR count). The normalized spacial score (nSPS) is 11.4. The van der Waals surface area contributed by atoms with Crippen LogP contribution in [0.25, 0.3) is 0 Å². The Kier molecular flexibility index (Phi) is 12.7. The molecule has 148 valence electrons. The molecule has 0 amide bonds. The van der Waals surface area contributed by atoms with Crippen molar-refractivity contribution in [3.8, 4) is 0 Å². The third-order valence-corrected chi connectivity index (χ3v) is 4.38. The minimum Gasteiger partial charge on any atom is -1.00 e. The van der Waals surface area contributed by atoms with E-state index >= 15 is 0 Å². The first kappa shape index (κ1) is 23.6. The number of aliphatic hydroxyl groups excluding tert-OH is 1. The number of carbonyl (C=O) groups excluding carboxylic acids is 1. The molecule has 27 heavy (non-hydrogen) atoms. The van der Waals surface area contributed by atoms with Crippen LogP contribution in [0.2, 0.25) is 0 Å². The number of aryl methyl sites for hydroxylation is 1. The largest absolute Gasteiger partial charge is 1.00 e. The van der Waals surface area contributed by atoms with Crippen molar-refractivity contribution in [2.24, 2.45) is 0 Å². The summed E-state index contributed by atoms with van der Waals surface area (Å²) in [4.78, 5) is 11.8. The van der Waals surface area contributed by atoms with Gasteiger partial charge in [0.25, 0.3) is 0 Å².